The summed E-state index contributed by atoms with van der Waals surface area (Å²) in [6.07, 6.45) is 11.2. The van der Waals surface area contributed by atoms with E-state index < -0.39 is 10.0 Å². The molecule has 5 rings (SSSR count). The van der Waals surface area contributed by atoms with E-state index in [0.717, 1.165) is 45.1 Å². The van der Waals surface area contributed by atoms with Crippen LogP contribution in [0, 0.1) is 17.2 Å². The predicted molar refractivity (Wildman–Crippen MR) is 133 cm³/mol. The van der Waals surface area contributed by atoms with Gasteiger partial charge in [0.1, 0.15) is 5.52 Å². The quantitative estimate of drug-likeness (QED) is 0.468. The molecule has 4 heterocycles. The third kappa shape index (κ3) is 5.06. The Bertz CT molecular complexity index is 1340. The fraction of sp³-hybridized carbons (Fsp3) is 0.522. The Morgan fingerprint density at radius 1 is 1.14 bits per heavy atom. The lowest BCUT2D eigenvalue weighted by Gasteiger charge is -2.34. The topological polar surface area (TPSA) is 153 Å². The molecular weight excluding hydrogens is 466 g/mol. The number of sulfonamides is 1. The Hall–Kier alpha value is -3.30. The maximum atomic E-state index is 13.1. The molecule has 3 N–H and O–H groups in total. The fourth-order valence-electron chi connectivity index (χ4n) is 4.93. The van der Waals surface area contributed by atoms with E-state index in [1.54, 1.807) is 18.6 Å². The van der Waals surface area contributed by atoms with E-state index in [9.17, 15) is 13.7 Å². The average Bonchev–Trinajstić information content (AvgIpc) is 3.33. The van der Waals surface area contributed by atoms with Crippen molar-refractivity contribution < 1.29 is 8.42 Å². The van der Waals surface area contributed by atoms with Gasteiger partial charge in [-0.2, -0.15) is 10.2 Å². The van der Waals surface area contributed by atoms with E-state index in [1.165, 1.54) is 10.6 Å². The van der Waals surface area contributed by atoms with Gasteiger partial charge in [0.25, 0.3) is 0 Å². The lowest BCUT2D eigenvalue weighted by molar-refractivity contribution is 0.396. The summed E-state index contributed by atoms with van der Waals surface area (Å²) in [6, 6.07) is 4.04. The number of hydrogen-bond acceptors (Lipinski definition) is 9. The molecule has 12 heteroatoms. The Morgan fingerprint density at radius 2 is 1.97 bits per heavy atom. The second kappa shape index (κ2) is 9.75. The monoisotopic (exact) mass is 495 g/mol. The molecule has 1 saturated heterocycles. The summed E-state index contributed by atoms with van der Waals surface area (Å²) < 4.78 is 27.6. The molecule has 3 aromatic heterocycles. The minimum Gasteiger partial charge on any atom is -0.351 e. The van der Waals surface area contributed by atoms with Gasteiger partial charge in [-0.15, -0.1) is 0 Å². The number of H-pyrrole nitrogens is 1. The van der Waals surface area contributed by atoms with Gasteiger partial charge in [-0.3, -0.25) is 0 Å². The van der Waals surface area contributed by atoms with Gasteiger partial charge in [-0.1, -0.05) is 0 Å². The number of nitrogens with zero attached hydrogens (tertiary/aromatic N) is 6. The number of anilines is 2. The zero-order valence-corrected chi connectivity index (χ0v) is 20.4. The predicted octanol–water partition coefficient (Wildman–Crippen LogP) is 2.43. The maximum absolute atomic E-state index is 13.1. The molecule has 11 nitrogen and oxygen atoms in total. The lowest BCUT2D eigenvalue weighted by Crippen LogP contribution is -2.49. The molecule has 2 aliphatic rings. The van der Waals surface area contributed by atoms with Crippen molar-refractivity contribution >= 4 is 33.0 Å². The van der Waals surface area contributed by atoms with Crippen LogP contribution in [0.15, 0.2) is 24.7 Å². The van der Waals surface area contributed by atoms with Crippen molar-refractivity contribution in [1.82, 2.24) is 30.2 Å². The van der Waals surface area contributed by atoms with Crippen LogP contribution < -0.4 is 14.9 Å². The van der Waals surface area contributed by atoms with Crippen molar-refractivity contribution in [3.8, 4) is 17.3 Å². The van der Waals surface area contributed by atoms with Crippen LogP contribution in [0.5, 0.6) is 0 Å². The third-order valence-electron chi connectivity index (χ3n) is 6.72. The number of nitrogens with one attached hydrogen (secondary N) is 3. The molecule has 1 saturated carbocycles. The molecule has 1 aliphatic heterocycles. The SMILES string of the molecule is CS(=O)(=O)N(c1nc(NC2CCC(C#N)CC2)ncc1-c1cnc2[nH]ccc2n1)[C@H]1CCCNC1. The molecule has 2 fully saturated rings. The highest BCUT2D eigenvalue weighted by Crippen LogP contribution is 2.34. The third-order valence-corrected chi connectivity index (χ3v) is 7.90. The standard InChI is InChI=1S/C23H29N9O2S/c1-35(33,34)32(17-3-2-9-25-12-17)22-18(20-14-27-21-19(30-20)8-10-26-21)13-28-23(31-22)29-16-6-4-15(11-24)5-7-16/h8,10,13-17,25H,2-7,9,12H2,1H3,(H,26,27)(H,28,29,31)/t15?,16?,17-/m0/s1. The first-order valence-electron chi connectivity index (χ1n) is 12.0. The summed E-state index contributed by atoms with van der Waals surface area (Å²) in [4.78, 5) is 21.4. The minimum absolute atomic E-state index is 0.0911. The van der Waals surface area contributed by atoms with Gasteiger partial charge in [0.15, 0.2) is 11.5 Å². The molecule has 0 unspecified atom stereocenters. The normalized spacial score (nSPS) is 23.0. The van der Waals surface area contributed by atoms with Crippen LogP contribution >= 0.6 is 0 Å². The fourth-order valence-corrected chi connectivity index (χ4v) is 6.11. The van der Waals surface area contributed by atoms with E-state index in [4.69, 9.17) is 4.98 Å². The molecule has 0 amide bonds. The van der Waals surface area contributed by atoms with Crippen molar-refractivity contribution in [2.45, 2.75) is 50.6 Å². The van der Waals surface area contributed by atoms with Crippen molar-refractivity contribution in [1.29, 1.82) is 5.26 Å². The van der Waals surface area contributed by atoms with Crippen LogP contribution in [-0.2, 0) is 10.0 Å². The summed E-state index contributed by atoms with van der Waals surface area (Å²) in [5, 5.41) is 15.9. The highest BCUT2D eigenvalue weighted by atomic mass is 32.2. The molecule has 184 valence electrons. The Morgan fingerprint density at radius 3 is 2.69 bits per heavy atom. The molecule has 0 radical (unpaired) electrons. The van der Waals surface area contributed by atoms with Gasteiger partial charge in [0.2, 0.25) is 16.0 Å². The van der Waals surface area contributed by atoms with E-state index in [1.807, 2.05) is 6.07 Å². The van der Waals surface area contributed by atoms with Gasteiger partial charge in [-0.05, 0) is 51.1 Å². The van der Waals surface area contributed by atoms with Gasteiger partial charge < -0.3 is 15.6 Å². The second-order valence-electron chi connectivity index (χ2n) is 9.28. The average molecular weight is 496 g/mol. The smallest absolute Gasteiger partial charge is 0.233 e. The number of rotatable bonds is 6. The van der Waals surface area contributed by atoms with Crippen molar-refractivity contribution in [2.24, 2.45) is 5.92 Å². The van der Waals surface area contributed by atoms with Crippen LogP contribution in [0.25, 0.3) is 22.4 Å². The number of piperidine rings is 1. The molecular formula is C23H29N9O2S. The number of aromatic amines is 1. The van der Waals surface area contributed by atoms with Crippen molar-refractivity contribution in [2.75, 3.05) is 29.0 Å². The Kier molecular flexibility index (Phi) is 6.53. The molecule has 3 aromatic rings. The van der Waals surface area contributed by atoms with Gasteiger partial charge in [-0.25, -0.2) is 27.7 Å². The summed E-state index contributed by atoms with van der Waals surface area (Å²) in [7, 11) is -3.66. The minimum atomic E-state index is -3.66. The number of fused-ring (bicyclic) bond motifs is 1. The second-order valence-corrected chi connectivity index (χ2v) is 11.1. The van der Waals surface area contributed by atoms with Gasteiger partial charge >= 0.3 is 0 Å². The summed E-state index contributed by atoms with van der Waals surface area (Å²) in [5.74, 6) is 0.763. The highest BCUT2D eigenvalue weighted by Gasteiger charge is 2.33. The first-order chi connectivity index (χ1) is 16.9. The Labute approximate surface area is 204 Å². The number of nitriles is 1. The van der Waals surface area contributed by atoms with Crippen LogP contribution in [0.3, 0.4) is 0 Å². The maximum Gasteiger partial charge on any atom is 0.233 e. The van der Waals surface area contributed by atoms with Crippen LogP contribution in [0.2, 0.25) is 0 Å². The van der Waals surface area contributed by atoms with E-state index >= 15 is 0 Å². The molecule has 0 spiro atoms. The molecule has 0 bridgehead atoms. The zero-order chi connectivity index (χ0) is 24.4. The highest BCUT2D eigenvalue weighted by molar-refractivity contribution is 7.92. The summed E-state index contributed by atoms with van der Waals surface area (Å²) >= 11 is 0. The molecule has 1 atom stereocenters. The van der Waals surface area contributed by atoms with Gasteiger partial charge in [0.05, 0.1) is 35.8 Å². The van der Waals surface area contributed by atoms with E-state index in [0.29, 0.717) is 40.7 Å². The van der Waals surface area contributed by atoms with Crippen LogP contribution in [-0.4, -0.2) is 64.8 Å². The van der Waals surface area contributed by atoms with Crippen molar-refractivity contribution in [3.63, 3.8) is 0 Å². The van der Waals surface area contributed by atoms with E-state index in [2.05, 4.69) is 36.6 Å². The Balaban J connectivity index is 1.56. The molecule has 0 aromatic carbocycles. The van der Waals surface area contributed by atoms with Crippen LogP contribution in [0.4, 0.5) is 11.8 Å². The lowest BCUT2D eigenvalue weighted by atomic mass is 9.87. The van der Waals surface area contributed by atoms with Gasteiger partial charge in [0, 0.05) is 30.9 Å². The van der Waals surface area contributed by atoms with Crippen LogP contribution in [0.1, 0.15) is 38.5 Å². The number of aromatic nitrogens is 5. The first-order valence-corrected chi connectivity index (χ1v) is 13.8. The van der Waals surface area contributed by atoms with E-state index in [-0.39, 0.29) is 18.0 Å². The first kappa shape index (κ1) is 23.4. The molecule has 1 aliphatic carbocycles. The molecule has 35 heavy (non-hydrogen) atoms. The number of hydrogen-bond donors (Lipinski definition) is 3. The summed E-state index contributed by atoms with van der Waals surface area (Å²) in [5.41, 5.74) is 2.34. The summed E-state index contributed by atoms with van der Waals surface area (Å²) in [6.45, 7) is 1.40. The zero-order valence-electron chi connectivity index (χ0n) is 19.6. The largest absolute Gasteiger partial charge is 0.351 e. The van der Waals surface area contributed by atoms with Crippen molar-refractivity contribution in [3.05, 3.63) is 24.7 Å².